The smallest absolute Gasteiger partial charge is 0.340 e. The number of nitrogens with zero attached hydrogens (tertiary/aromatic N) is 1. The molecule has 0 radical (unpaired) electrons. The van der Waals surface area contributed by atoms with Gasteiger partial charge in [-0.1, -0.05) is 18.2 Å². The molecule has 1 saturated heterocycles. The summed E-state index contributed by atoms with van der Waals surface area (Å²) in [5.74, 6) is 0.214. The molecule has 1 aromatic heterocycles. The number of rotatable bonds is 3. The maximum atomic E-state index is 13.4. The number of allylic oxidation sites excluding steroid dienone is 1. The number of H-pyrrole nitrogens is 1. The molecule has 0 aromatic carbocycles. The van der Waals surface area contributed by atoms with Crippen molar-refractivity contribution in [1.29, 1.82) is 0 Å². The van der Waals surface area contributed by atoms with Crippen LogP contribution in [-0.4, -0.2) is 75.7 Å². The van der Waals surface area contributed by atoms with Crippen molar-refractivity contribution in [3.8, 4) is 0 Å². The van der Waals surface area contributed by atoms with Crippen LogP contribution in [0.5, 0.6) is 0 Å². The fraction of sp³-hybridized carbons (Fsp3) is 0.656. The van der Waals surface area contributed by atoms with Crippen molar-refractivity contribution in [2.24, 2.45) is 22.7 Å². The summed E-state index contributed by atoms with van der Waals surface area (Å²) >= 11 is 0. The van der Waals surface area contributed by atoms with Crippen LogP contribution < -0.4 is 0 Å². The van der Waals surface area contributed by atoms with E-state index < -0.39 is 33.7 Å². The van der Waals surface area contributed by atoms with Crippen molar-refractivity contribution in [3.05, 3.63) is 58.0 Å². The van der Waals surface area contributed by atoms with Gasteiger partial charge >= 0.3 is 5.97 Å². The van der Waals surface area contributed by atoms with Gasteiger partial charge in [-0.25, -0.2) is 4.79 Å². The van der Waals surface area contributed by atoms with Crippen LogP contribution in [0.3, 0.4) is 0 Å². The fourth-order valence-electron chi connectivity index (χ4n) is 10.8. The normalized spacial score (nSPS) is 46.1. The summed E-state index contributed by atoms with van der Waals surface area (Å²) in [6, 6.07) is 0. The summed E-state index contributed by atoms with van der Waals surface area (Å²) < 4.78 is 13.2. The topological polar surface area (TPSA) is 95.0 Å². The zero-order valence-corrected chi connectivity index (χ0v) is 23.5. The van der Waals surface area contributed by atoms with Gasteiger partial charge in [0, 0.05) is 41.7 Å². The van der Waals surface area contributed by atoms with Crippen molar-refractivity contribution in [1.82, 2.24) is 9.88 Å². The Kier molecular flexibility index (Phi) is 4.64. The third kappa shape index (κ3) is 2.59. The van der Waals surface area contributed by atoms with Gasteiger partial charge in [-0.15, -0.1) is 0 Å². The van der Waals surface area contributed by atoms with E-state index in [1.807, 2.05) is 27.0 Å². The molecule has 8 rings (SSSR count). The van der Waals surface area contributed by atoms with Gasteiger partial charge in [0.05, 0.1) is 17.8 Å². The maximum absolute atomic E-state index is 13.4. The number of aliphatic hydroxyl groups is 2. The van der Waals surface area contributed by atoms with Gasteiger partial charge in [0.15, 0.2) is 0 Å². The molecule has 7 nitrogen and oxygen atoms in total. The second-order valence-electron chi connectivity index (χ2n) is 13.9. The third-order valence-electron chi connectivity index (χ3n) is 12.2. The molecule has 7 aliphatic rings. The molecule has 39 heavy (non-hydrogen) atoms. The molecule has 7 heteroatoms. The number of likely N-dealkylation sites (N-methyl/N-ethyl adjacent to an activating group) is 1. The van der Waals surface area contributed by atoms with E-state index in [2.05, 4.69) is 35.2 Å². The van der Waals surface area contributed by atoms with E-state index in [1.54, 1.807) is 0 Å². The molecule has 4 fully saturated rings. The Morgan fingerprint density at radius 1 is 1.26 bits per heavy atom. The highest BCUT2D eigenvalue weighted by Gasteiger charge is 2.81. The van der Waals surface area contributed by atoms with Gasteiger partial charge in [0.1, 0.15) is 17.3 Å². The first-order valence-corrected chi connectivity index (χ1v) is 14.8. The molecule has 1 spiro atoms. The SMILES string of the molecule is Cc1c[nH]c(C)c1C(=O)OC(C)C1=CCC23OCCN(C)CC12CC1=CC24CCC5(O)CC(CC=C3C12O)C54. The van der Waals surface area contributed by atoms with E-state index in [4.69, 9.17) is 9.47 Å². The maximum Gasteiger partial charge on any atom is 0.340 e. The zero-order chi connectivity index (χ0) is 27.2. The molecule has 8 unspecified atom stereocenters. The summed E-state index contributed by atoms with van der Waals surface area (Å²) in [6.07, 6.45) is 13.0. The van der Waals surface area contributed by atoms with Gasteiger partial charge in [-0.05, 0) is 94.5 Å². The van der Waals surface area contributed by atoms with Gasteiger partial charge in [0.25, 0.3) is 0 Å². The summed E-state index contributed by atoms with van der Waals surface area (Å²) in [7, 11) is 2.14. The van der Waals surface area contributed by atoms with E-state index in [-0.39, 0.29) is 11.9 Å². The van der Waals surface area contributed by atoms with Crippen molar-refractivity contribution >= 4 is 5.97 Å². The lowest BCUT2D eigenvalue weighted by Gasteiger charge is -2.68. The standard InChI is InChI=1S/C32H40N2O5/c1-18-16-33-19(2)25(18)27(35)39-20(3)23-7-8-31-24-6-5-21-13-30(36)10-9-28(26(21)30)14-22(32(24,28)37)15-29(23,31)17-34(4)11-12-38-31/h6-7,14,16,20-21,26,33,36-37H,5,8-13,15,17H2,1-4H3. The molecule has 0 bridgehead atoms. The van der Waals surface area contributed by atoms with E-state index >= 15 is 0 Å². The number of aromatic nitrogens is 1. The molecular weight excluding hydrogens is 492 g/mol. The molecule has 6 aliphatic carbocycles. The number of hydrogen-bond donors (Lipinski definition) is 3. The predicted octanol–water partition coefficient (Wildman–Crippen LogP) is 3.75. The monoisotopic (exact) mass is 532 g/mol. The highest BCUT2D eigenvalue weighted by atomic mass is 16.5. The third-order valence-corrected chi connectivity index (χ3v) is 12.2. The van der Waals surface area contributed by atoms with Crippen LogP contribution in [0.1, 0.15) is 67.1 Å². The first kappa shape index (κ1) is 24.6. The van der Waals surface area contributed by atoms with E-state index in [0.29, 0.717) is 30.9 Å². The molecule has 3 N–H and O–H groups in total. The molecule has 3 saturated carbocycles. The number of esters is 1. The number of ether oxygens (including phenoxy) is 2. The first-order valence-electron chi connectivity index (χ1n) is 14.8. The fourth-order valence-corrected chi connectivity index (χ4v) is 10.8. The molecule has 208 valence electrons. The van der Waals surface area contributed by atoms with Crippen LogP contribution in [0.4, 0.5) is 0 Å². The van der Waals surface area contributed by atoms with Crippen LogP contribution in [0.15, 0.2) is 41.1 Å². The van der Waals surface area contributed by atoms with Crippen LogP contribution in [0.25, 0.3) is 0 Å². The average molecular weight is 533 g/mol. The second-order valence-corrected chi connectivity index (χ2v) is 13.9. The molecule has 8 atom stereocenters. The Morgan fingerprint density at radius 2 is 2.08 bits per heavy atom. The van der Waals surface area contributed by atoms with Gasteiger partial charge < -0.3 is 29.6 Å². The van der Waals surface area contributed by atoms with Crippen LogP contribution in [0, 0.1) is 36.5 Å². The minimum Gasteiger partial charge on any atom is -0.454 e. The highest BCUT2D eigenvalue weighted by Crippen LogP contribution is 2.80. The zero-order valence-electron chi connectivity index (χ0n) is 23.5. The number of hydrogen-bond acceptors (Lipinski definition) is 6. The van der Waals surface area contributed by atoms with Crippen molar-refractivity contribution in [2.45, 2.75) is 82.2 Å². The average Bonchev–Trinajstić information content (AvgIpc) is 3.39. The van der Waals surface area contributed by atoms with Crippen molar-refractivity contribution < 1.29 is 24.5 Å². The van der Waals surface area contributed by atoms with Crippen molar-refractivity contribution in [2.75, 3.05) is 26.7 Å². The number of nitrogens with one attached hydrogen (secondary N) is 1. The van der Waals surface area contributed by atoms with Crippen LogP contribution in [-0.2, 0) is 9.47 Å². The number of aromatic amines is 1. The predicted molar refractivity (Wildman–Crippen MR) is 145 cm³/mol. The number of carbonyl (C=O) groups is 1. The largest absolute Gasteiger partial charge is 0.454 e. The quantitative estimate of drug-likeness (QED) is 0.406. The lowest BCUT2D eigenvalue weighted by Crippen LogP contribution is -2.72. The van der Waals surface area contributed by atoms with E-state index in [1.165, 1.54) is 0 Å². The lowest BCUT2D eigenvalue weighted by molar-refractivity contribution is -0.196. The Balaban J connectivity index is 1.24. The Hall–Kier alpha value is -2.19. The van der Waals surface area contributed by atoms with Crippen molar-refractivity contribution in [3.63, 3.8) is 0 Å². The summed E-state index contributed by atoms with van der Waals surface area (Å²) in [6.45, 7) is 8.00. The lowest BCUT2D eigenvalue weighted by atomic mass is 9.39. The minimum absolute atomic E-state index is 0.117. The summed E-state index contributed by atoms with van der Waals surface area (Å²) in [5.41, 5.74) is 2.29. The molecule has 0 amide bonds. The number of aryl methyl sites for hydroxylation is 2. The second kappa shape index (κ2) is 7.35. The molecule has 2 heterocycles. The summed E-state index contributed by atoms with van der Waals surface area (Å²) in [5, 5.41) is 24.3. The Morgan fingerprint density at radius 3 is 2.85 bits per heavy atom. The molecular formula is C32H40N2O5. The van der Waals surface area contributed by atoms with Gasteiger partial charge in [-0.2, -0.15) is 0 Å². The van der Waals surface area contributed by atoms with E-state index in [0.717, 1.165) is 66.7 Å². The Labute approximate surface area is 229 Å². The molecule has 1 aliphatic heterocycles. The highest BCUT2D eigenvalue weighted by molar-refractivity contribution is 5.92. The van der Waals surface area contributed by atoms with Crippen LogP contribution >= 0.6 is 0 Å². The first-order chi connectivity index (χ1) is 18.5. The van der Waals surface area contributed by atoms with Gasteiger partial charge in [0.2, 0.25) is 0 Å². The van der Waals surface area contributed by atoms with Crippen LogP contribution in [0.2, 0.25) is 0 Å². The number of carbonyl (C=O) groups excluding carboxylic acids is 1. The van der Waals surface area contributed by atoms with E-state index in [9.17, 15) is 15.0 Å². The Bertz CT molecular complexity index is 1390. The minimum atomic E-state index is -1.06. The summed E-state index contributed by atoms with van der Waals surface area (Å²) in [4.78, 5) is 18.8. The molecule has 1 aromatic rings. The van der Waals surface area contributed by atoms with Gasteiger partial charge in [-0.3, -0.25) is 0 Å².